The van der Waals surface area contributed by atoms with Gasteiger partial charge in [0.15, 0.2) is 6.10 Å². The zero-order valence-corrected chi connectivity index (χ0v) is 31.0. The van der Waals surface area contributed by atoms with E-state index >= 15 is 0 Å². The van der Waals surface area contributed by atoms with Crippen molar-refractivity contribution in [2.45, 2.75) is 128 Å². The molecule has 0 bridgehead atoms. The van der Waals surface area contributed by atoms with E-state index in [1.54, 1.807) is 49.1 Å². The van der Waals surface area contributed by atoms with E-state index in [-0.39, 0.29) is 37.4 Å². The number of hydrogen-bond donors (Lipinski definition) is 4. The third-order valence-electron chi connectivity index (χ3n) is 10.0. The number of cyclic esters (lactones) is 1. The predicted octanol–water partition coefficient (Wildman–Crippen LogP) is 2.86. The van der Waals surface area contributed by atoms with Crippen LogP contribution in [0.3, 0.4) is 0 Å². The lowest BCUT2D eigenvalue weighted by Gasteiger charge is -2.38. The molecule has 284 valence electrons. The van der Waals surface area contributed by atoms with Gasteiger partial charge in [-0.05, 0) is 51.7 Å². The Bertz CT molecular complexity index is 1230. The summed E-state index contributed by atoms with van der Waals surface area (Å²) in [5.74, 6) is -1.60. The van der Waals surface area contributed by atoms with Crippen LogP contribution in [0.15, 0.2) is 36.0 Å². The molecule has 1 amide bonds. The van der Waals surface area contributed by atoms with Crippen molar-refractivity contribution in [2.24, 2.45) is 17.6 Å². The maximum atomic E-state index is 13.4. The first kappa shape index (κ1) is 41.6. The average molecular weight is 708 g/mol. The van der Waals surface area contributed by atoms with Crippen LogP contribution in [0.25, 0.3) is 0 Å². The summed E-state index contributed by atoms with van der Waals surface area (Å²) < 4.78 is 23.4. The quantitative estimate of drug-likeness (QED) is 0.0766. The number of amides is 1. The highest BCUT2D eigenvalue weighted by Gasteiger charge is 2.47. The molecule has 0 aromatic carbocycles. The fraction of sp³-hybridized carbons (Fsp3) is 0.757. The summed E-state index contributed by atoms with van der Waals surface area (Å²) in [6.45, 7) is 15.7. The van der Waals surface area contributed by atoms with Gasteiger partial charge in [0.1, 0.15) is 11.7 Å². The lowest BCUT2D eigenvalue weighted by atomic mass is 9.88. The SMILES string of the molecule is CC[C@H](O)[C@@H](C)[C@H]1O[C@@H]1C[C@@](C)(O)/C=C/C=C(\C)[C@H]1OC(=O)C[C@H](O)CC[C@@](C)(OC(C)=O)[C@@H](OC(=O)N2CCN(CCN)CC2)/C=C\[C@@H]1C. The molecule has 0 spiro atoms. The molecule has 0 aromatic heterocycles. The fourth-order valence-electron chi connectivity index (χ4n) is 6.75. The topological polar surface area (TPSA) is 185 Å². The van der Waals surface area contributed by atoms with Crippen LogP contribution in [0, 0.1) is 11.8 Å². The summed E-state index contributed by atoms with van der Waals surface area (Å²) in [6, 6.07) is 0. The van der Waals surface area contributed by atoms with Crippen molar-refractivity contribution in [3.63, 3.8) is 0 Å². The number of piperazine rings is 1. The summed E-state index contributed by atoms with van der Waals surface area (Å²) in [5.41, 5.74) is 3.87. The smallest absolute Gasteiger partial charge is 0.410 e. The molecule has 13 heteroatoms. The Kier molecular flexibility index (Phi) is 15.5. The molecule has 13 nitrogen and oxygen atoms in total. The number of ether oxygens (including phenoxy) is 4. The minimum absolute atomic E-state index is 0.0250. The van der Waals surface area contributed by atoms with Gasteiger partial charge in [-0.15, -0.1) is 0 Å². The van der Waals surface area contributed by atoms with E-state index in [4.69, 9.17) is 24.7 Å². The highest BCUT2D eigenvalue weighted by Crippen LogP contribution is 2.38. The molecule has 0 saturated carbocycles. The highest BCUT2D eigenvalue weighted by atomic mass is 16.6. The molecule has 50 heavy (non-hydrogen) atoms. The number of esters is 2. The van der Waals surface area contributed by atoms with Gasteiger partial charge in [0.25, 0.3) is 0 Å². The van der Waals surface area contributed by atoms with Gasteiger partial charge in [-0.25, -0.2) is 4.79 Å². The van der Waals surface area contributed by atoms with Crippen molar-refractivity contribution in [1.29, 1.82) is 0 Å². The van der Waals surface area contributed by atoms with Gasteiger partial charge in [-0.1, -0.05) is 45.1 Å². The molecular formula is C37H61N3O10. The van der Waals surface area contributed by atoms with E-state index < -0.39 is 59.6 Å². The Labute approximate surface area is 297 Å². The number of epoxide rings is 1. The third kappa shape index (κ3) is 12.4. The number of aliphatic hydroxyl groups excluding tert-OH is 2. The molecule has 2 fully saturated rings. The molecule has 0 aromatic rings. The van der Waals surface area contributed by atoms with Crippen molar-refractivity contribution < 1.29 is 48.7 Å². The van der Waals surface area contributed by atoms with Gasteiger partial charge >= 0.3 is 18.0 Å². The van der Waals surface area contributed by atoms with Crippen molar-refractivity contribution >= 4 is 18.0 Å². The standard InChI is InChI=1S/C37H61N3O10/c1-8-29(43)26(4)34-30(47-34)23-36(6,46)14-9-10-24(2)33-25(3)11-12-31(48-35(45)40-20-18-39(17-16-38)19-21-40)37(7,50-27(5)41)15-13-28(42)22-32(44)49-33/h9-12,14,25-26,28-31,33-34,42-43,46H,8,13,15-23,38H2,1-7H3/b12-11-,14-9+,24-10+/t25-,26+,28+,29-,30+,31-,33+,34+,36-,37+/m0/s1. The van der Waals surface area contributed by atoms with Crippen LogP contribution in [0.2, 0.25) is 0 Å². The molecule has 3 rings (SSSR count). The van der Waals surface area contributed by atoms with Gasteiger partial charge in [0.05, 0.1) is 36.4 Å². The van der Waals surface area contributed by atoms with E-state index in [9.17, 15) is 29.7 Å². The lowest BCUT2D eigenvalue weighted by Crippen LogP contribution is -2.52. The molecule has 10 atom stereocenters. The number of nitrogens with two attached hydrogens (primary N) is 1. The zero-order valence-electron chi connectivity index (χ0n) is 31.0. The van der Waals surface area contributed by atoms with E-state index in [0.717, 1.165) is 6.54 Å². The van der Waals surface area contributed by atoms with Gasteiger partial charge in [0, 0.05) is 64.4 Å². The first-order chi connectivity index (χ1) is 23.5. The van der Waals surface area contributed by atoms with E-state index in [0.29, 0.717) is 51.1 Å². The van der Waals surface area contributed by atoms with E-state index in [1.807, 2.05) is 27.7 Å². The van der Waals surface area contributed by atoms with Crippen LogP contribution in [0.4, 0.5) is 4.79 Å². The number of hydrogen-bond acceptors (Lipinski definition) is 12. The summed E-state index contributed by atoms with van der Waals surface area (Å²) in [5, 5.41) is 32.0. The number of carbonyl (C=O) groups is 3. The molecule has 3 aliphatic heterocycles. The minimum atomic E-state index is -1.32. The Balaban J connectivity index is 1.81. The second-order valence-corrected chi connectivity index (χ2v) is 14.7. The largest absolute Gasteiger partial charge is 0.457 e. The number of rotatable bonds is 12. The molecular weight excluding hydrogens is 646 g/mol. The first-order valence-electron chi connectivity index (χ1n) is 18.0. The summed E-state index contributed by atoms with van der Waals surface area (Å²) in [7, 11) is 0. The Morgan fingerprint density at radius 2 is 1.90 bits per heavy atom. The molecule has 3 heterocycles. The molecule has 2 saturated heterocycles. The van der Waals surface area contributed by atoms with Crippen molar-refractivity contribution in [1.82, 2.24) is 9.80 Å². The van der Waals surface area contributed by atoms with Crippen LogP contribution in [0.5, 0.6) is 0 Å². The molecule has 3 aliphatic rings. The van der Waals surface area contributed by atoms with Gasteiger partial charge in [-0.3, -0.25) is 14.5 Å². The van der Waals surface area contributed by atoms with Crippen molar-refractivity contribution in [3.05, 3.63) is 36.0 Å². The van der Waals surface area contributed by atoms with Gasteiger partial charge < -0.3 is 44.9 Å². The highest BCUT2D eigenvalue weighted by molar-refractivity contribution is 5.71. The summed E-state index contributed by atoms with van der Waals surface area (Å²) in [4.78, 5) is 42.5. The lowest BCUT2D eigenvalue weighted by molar-refractivity contribution is -0.168. The first-order valence-corrected chi connectivity index (χ1v) is 18.0. The van der Waals surface area contributed by atoms with Gasteiger partial charge in [0.2, 0.25) is 0 Å². The predicted molar refractivity (Wildman–Crippen MR) is 188 cm³/mol. The number of carbonyl (C=O) groups excluding carboxylic acids is 3. The van der Waals surface area contributed by atoms with Crippen LogP contribution < -0.4 is 5.73 Å². The second-order valence-electron chi connectivity index (χ2n) is 14.7. The van der Waals surface area contributed by atoms with Crippen molar-refractivity contribution in [3.8, 4) is 0 Å². The molecule has 5 N–H and O–H groups in total. The number of allylic oxidation sites excluding steroid dienone is 2. The maximum Gasteiger partial charge on any atom is 0.410 e. The maximum absolute atomic E-state index is 13.4. The normalized spacial score (nSPS) is 33.3. The second kappa shape index (κ2) is 18.6. The van der Waals surface area contributed by atoms with E-state index in [2.05, 4.69) is 4.90 Å². The summed E-state index contributed by atoms with van der Waals surface area (Å²) in [6.07, 6.45) is 5.44. The van der Waals surface area contributed by atoms with Gasteiger partial charge in [-0.2, -0.15) is 0 Å². The van der Waals surface area contributed by atoms with Crippen LogP contribution in [0.1, 0.15) is 80.6 Å². The monoisotopic (exact) mass is 707 g/mol. The minimum Gasteiger partial charge on any atom is -0.457 e. The number of nitrogens with zero attached hydrogens (tertiary/aromatic N) is 2. The Morgan fingerprint density at radius 3 is 2.52 bits per heavy atom. The average Bonchev–Trinajstić information content (AvgIpc) is 3.81. The Morgan fingerprint density at radius 1 is 1.22 bits per heavy atom. The summed E-state index contributed by atoms with van der Waals surface area (Å²) >= 11 is 0. The molecule has 0 radical (unpaired) electrons. The van der Waals surface area contributed by atoms with Crippen LogP contribution in [-0.4, -0.2) is 130 Å². The van der Waals surface area contributed by atoms with Crippen LogP contribution in [-0.2, 0) is 28.5 Å². The van der Waals surface area contributed by atoms with Crippen LogP contribution >= 0.6 is 0 Å². The Hall–Kier alpha value is -2.81. The zero-order chi connectivity index (χ0) is 37.2. The van der Waals surface area contributed by atoms with Crippen molar-refractivity contribution in [2.75, 3.05) is 39.3 Å². The number of aliphatic hydroxyl groups is 3. The van der Waals surface area contributed by atoms with E-state index in [1.165, 1.54) is 6.92 Å². The third-order valence-corrected chi connectivity index (χ3v) is 10.0. The fourth-order valence-corrected chi connectivity index (χ4v) is 6.75. The molecule has 0 aliphatic carbocycles. The molecule has 0 unspecified atom stereocenters.